The van der Waals surface area contributed by atoms with Crippen molar-refractivity contribution >= 4 is 15.7 Å². The van der Waals surface area contributed by atoms with Crippen LogP contribution in [0.2, 0.25) is 0 Å². The van der Waals surface area contributed by atoms with Crippen LogP contribution in [-0.2, 0) is 31.5 Å². The van der Waals surface area contributed by atoms with Gasteiger partial charge in [0, 0.05) is 17.5 Å². The van der Waals surface area contributed by atoms with Crippen molar-refractivity contribution in [3.63, 3.8) is 0 Å². The van der Waals surface area contributed by atoms with Crippen molar-refractivity contribution in [2.24, 2.45) is 11.8 Å². The summed E-state index contributed by atoms with van der Waals surface area (Å²) in [7, 11) is -4.52. The number of hydrogen-bond donors (Lipinski definition) is 2. The number of sulfone groups is 1. The highest BCUT2D eigenvalue weighted by atomic mass is 32.2. The van der Waals surface area contributed by atoms with Gasteiger partial charge < -0.3 is 10.4 Å². The van der Waals surface area contributed by atoms with E-state index in [2.05, 4.69) is 5.32 Å². The van der Waals surface area contributed by atoms with Crippen LogP contribution in [0.25, 0.3) is 0 Å². The van der Waals surface area contributed by atoms with Gasteiger partial charge in [-0.25, -0.2) is 17.2 Å². The van der Waals surface area contributed by atoms with Crippen molar-refractivity contribution in [2.45, 2.75) is 78.3 Å². The molecule has 0 unspecified atom stereocenters. The summed E-state index contributed by atoms with van der Waals surface area (Å²) in [5.74, 6) is -3.01. The van der Waals surface area contributed by atoms with Crippen LogP contribution in [0.3, 0.4) is 0 Å². The first-order valence-electron chi connectivity index (χ1n) is 12.9. The van der Waals surface area contributed by atoms with Crippen molar-refractivity contribution < 1.29 is 53.4 Å². The van der Waals surface area contributed by atoms with Gasteiger partial charge >= 0.3 is 18.0 Å². The molecule has 2 N–H and O–H groups in total. The number of amides is 1. The molecule has 3 aliphatic rings. The minimum absolute atomic E-state index is 0.0333. The molecule has 2 aromatic carbocycles. The normalized spacial score (nSPS) is 28.4. The quantitative estimate of drug-likeness (QED) is 0.351. The predicted molar refractivity (Wildman–Crippen MR) is 128 cm³/mol. The molecule has 0 aliphatic heterocycles. The van der Waals surface area contributed by atoms with Gasteiger partial charge in [0.2, 0.25) is 5.91 Å². The van der Waals surface area contributed by atoms with Crippen LogP contribution in [0.4, 0.5) is 35.1 Å². The number of nitrogens with one attached hydrogen (secondary N) is 1. The van der Waals surface area contributed by atoms with Crippen molar-refractivity contribution in [3.05, 3.63) is 65.0 Å². The molecule has 5 nitrogen and oxygen atoms in total. The molecule has 0 radical (unpaired) electrons. The van der Waals surface area contributed by atoms with Gasteiger partial charge in [0.05, 0.1) is 11.0 Å². The van der Waals surface area contributed by atoms with Gasteiger partial charge in [-0.05, 0) is 79.8 Å². The third-order valence-electron chi connectivity index (χ3n) is 8.78. The maximum absolute atomic E-state index is 14.9. The summed E-state index contributed by atoms with van der Waals surface area (Å²) in [4.78, 5) is 12.9. The lowest BCUT2D eigenvalue weighted by molar-refractivity contribution is -0.348. The number of halogens is 8. The van der Waals surface area contributed by atoms with Gasteiger partial charge in [-0.2, -0.15) is 26.3 Å². The molecule has 0 aromatic heterocycles. The average molecular weight is 612 g/mol. The molecule has 2 saturated carbocycles. The monoisotopic (exact) mass is 611 g/mol. The Bertz CT molecular complexity index is 1440. The molecule has 1 amide bonds. The van der Waals surface area contributed by atoms with E-state index in [1.807, 2.05) is 0 Å². The minimum atomic E-state index is -6.35. The second-order valence-corrected chi connectivity index (χ2v) is 13.2. The zero-order chi connectivity index (χ0) is 30.2. The summed E-state index contributed by atoms with van der Waals surface area (Å²) in [6, 6.07) is 4.98. The molecule has 41 heavy (non-hydrogen) atoms. The molecule has 0 spiro atoms. The summed E-state index contributed by atoms with van der Waals surface area (Å²) in [6.07, 6.45) is -13.1. The van der Waals surface area contributed by atoms with Crippen LogP contribution in [0.1, 0.15) is 48.8 Å². The predicted octanol–water partition coefficient (Wildman–Crippen LogP) is 5.40. The number of aryl methyl sites for hydroxylation is 1. The highest BCUT2D eigenvalue weighted by Gasteiger charge is 2.74. The Kier molecular flexibility index (Phi) is 7.00. The van der Waals surface area contributed by atoms with Gasteiger partial charge in [0.25, 0.3) is 0 Å². The molecule has 14 heteroatoms. The van der Waals surface area contributed by atoms with Gasteiger partial charge in [0.1, 0.15) is 10.6 Å². The average Bonchev–Trinajstić information content (AvgIpc) is 3.28. The Morgan fingerprint density at radius 1 is 0.927 bits per heavy atom. The molecule has 5 rings (SSSR count). The topological polar surface area (TPSA) is 83.5 Å². The van der Waals surface area contributed by atoms with Crippen LogP contribution in [0.5, 0.6) is 0 Å². The number of hydrogen-bond acceptors (Lipinski definition) is 4. The molecule has 2 fully saturated rings. The van der Waals surface area contributed by atoms with Crippen molar-refractivity contribution in [2.75, 3.05) is 0 Å². The summed E-state index contributed by atoms with van der Waals surface area (Å²) in [5.41, 5.74) is -7.73. The summed E-state index contributed by atoms with van der Waals surface area (Å²) in [5, 5.41) is 12.3. The van der Waals surface area contributed by atoms with Gasteiger partial charge in [0.15, 0.2) is 9.84 Å². The maximum Gasteiger partial charge on any atom is 0.435 e. The lowest BCUT2D eigenvalue weighted by Crippen LogP contribution is -2.52. The van der Waals surface area contributed by atoms with Crippen LogP contribution in [-0.4, -0.2) is 43.9 Å². The molecule has 0 heterocycles. The van der Waals surface area contributed by atoms with Gasteiger partial charge in [-0.1, -0.05) is 18.2 Å². The van der Waals surface area contributed by atoms with E-state index in [9.17, 15) is 53.4 Å². The Balaban J connectivity index is 1.64. The minimum Gasteiger partial charge on any atom is -0.393 e. The summed E-state index contributed by atoms with van der Waals surface area (Å²) < 4.78 is 136. The highest BCUT2D eigenvalue weighted by Crippen LogP contribution is 2.60. The fourth-order valence-electron chi connectivity index (χ4n) is 6.71. The highest BCUT2D eigenvalue weighted by molar-refractivity contribution is 7.92. The third kappa shape index (κ3) is 4.43. The SMILES string of the molecule is O=C(NC1CC(O)C1)[C@@H]1CC[C@@]2(S(=O)(=O)c3ccc(F)cc3)c3ccc(C(F)(C(F)(F)F)C(F)(F)F)cc3CC[C@@H]12. The molecule has 2 aromatic rings. The fourth-order valence-corrected chi connectivity index (χ4v) is 9.18. The zero-order valence-electron chi connectivity index (χ0n) is 21.2. The van der Waals surface area contributed by atoms with Crippen molar-refractivity contribution in [3.8, 4) is 0 Å². The molecular weight excluding hydrogens is 586 g/mol. The summed E-state index contributed by atoms with van der Waals surface area (Å²) in [6.45, 7) is 0. The van der Waals surface area contributed by atoms with E-state index in [4.69, 9.17) is 0 Å². The number of carbonyl (C=O) groups excluding carboxylic acids is 1. The zero-order valence-corrected chi connectivity index (χ0v) is 22.0. The Hall–Kier alpha value is -2.74. The first-order chi connectivity index (χ1) is 18.9. The van der Waals surface area contributed by atoms with Gasteiger partial charge in [-0.3, -0.25) is 4.79 Å². The number of fused-ring (bicyclic) bond motifs is 3. The number of benzene rings is 2. The summed E-state index contributed by atoms with van der Waals surface area (Å²) >= 11 is 0. The van der Waals surface area contributed by atoms with Crippen LogP contribution >= 0.6 is 0 Å². The van der Waals surface area contributed by atoms with Crippen LogP contribution < -0.4 is 5.32 Å². The maximum atomic E-state index is 14.9. The van der Waals surface area contributed by atoms with E-state index < -0.39 is 67.8 Å². The Labute approximate surface area is 229 Å². The lowest BCUT2D eigenvalue weighted by atomic mass is 9.72. The molecular formula is C27H25F8NO4S. The standard InChI is InChI=1S/C27H25F8NO4S/c28-16-3-5-19(6-4-16)41(39,40)24-10-9-20(23(38)36-17-12-18(37)13-17)22(24)7-1-14-11-15(2-8-21(14)24)25(29,26(30,31)32)27(33,34)35/h2-6,8,11,17-18,20,22,37H,1,7,9-10,12-13H2,(H,36,38)/t17?,18?,20-,22+,24-/m1/s1. The van der Waals surface area contributed by atoms with E-state index in [0.29, 0.717) is 25.0 Å². The Morgan fingerprint density at radius 3 is 2.10 bits per heavy atom. The van der Waals surface area contributed by atoms with Crippen LogP contribution in [0, 0.1) is 17.7 Å². The number of aliphatic hydroxyl groups excluding tert-OH is 1. The fraction of sp³-hybridized carbons (Fsp3) is 0.519. The lowest BCUT2D eigenvalue weighted by Gasteiger charge is -2.43. The number of alkyl halides is 7. The third-order valence-corrected chi connectivity index (χ3v) is 11.4. The van der Waals surface area contributed by atoms with E-state index in [1.54, 1.807) is 0 Å². The van der Waals surface area contributed by atoms with Gasteiger partial charge in [-0.15, -0.1) is 0 Å². The smallest absolute Gasteiger partial charge is 0.393 e. The number of carbonyl (C=O) groups is 1. The number of rotatable bonds is 5. The first-order valence-corrected chi connectivity index (χ1v) is 14.4. The molecule has 3 aliphatic carbocycles. The van der Waals surface area contributed by atoms with E-state index in [0.717, 1.165) is 30.3 Å². The molecule has 0 bridgehead atoms. The molecule has 0 saturated heterocycles. The second kappa shape index (κ2) is 9.65. The van der Waals surface area contributed by atoms with E-state index >= 15 is 0 Å². The molecule has 224 valence electrons. The van der Waals surface area contributed by atoms with E-state index in [1.165, 1.54) is 0 Å². The van der Waals surface area contributed by atoms with Crippen molar-refractivity contribution in [1.82, 2.24) is 5.32 Å². The largest absolute Gasteiger partial charge is 0.435 e. The van der Waals surface area contributed by atoms with E-state index in [-0.39, 0.29) is 47.7 Å². The number of aliphatic hydroxyl groups is 1. The first kappa shape index (κ1) is 29.7. The molecule has 3 atom stereocenters. The van der Waals surface area contributed by atoms with Crippen LogP contribution in [0.15, 0.2) is 47.4 Å². The Morgan fingerprint density at radius 2 is 1.54 bits per heavy atom. The second-order valence-electron chi connectivity index (χ2n) is 11.0. The van der Waals surface area contributed by atoms with Crippen molar-refractivity contribution in [1.29, 1.82) is 0 Å².